The average Bonchev–Trinajstić information content (AvgIpc) is 2.75. The molecule has 0 saturated carbocycles. The van der Waals surface area contributed by atoms with Crippen molar-refractivity contribution in [2.75, 3.05) is 13.2 Å². The van der Waals surface area contributed by atoms with Gasteiger partial charge in [-0.05, 0) is 19.8 Å². The maximum absolute atomic E-state index is 5.59. The maximum atomic E-state index is 5.59. The molecule has 0 radical (unpaired) electrons. The molecule has 0 bridgehead atoms. The molecule has 78 valence electrons. The van der Waals surface area contributed by atoms with Gasteiger partial charge >= 0.3 is 0 Å². The summed E-state index contributed by atoms with van der Waals surface area (Å²) in [5.74, 6) is 1.18. The first-order valence-electron chi connectivity index (χ1n) is 4.91. The van der Waals surface area contributed by atoms with Crippen molar-refractivity contribution in [1.29, 1.82) is 0 Å². The third-order valence-corrected chi connectivity index (χ3v) is 2.50. The molecule has 1 aromatic rings. The van der Waals surface area contributed by atoms with Crippen molar-refractivity contribution in [3.05, 3.63) is 11.8 Å². The first-order chi connectivity index (χ1) is 6.74. The highest BCUT2D eigenvalue weighted by atomic mass is 16.5. The van der Waals surface area contributed by atoms with E-state index in [2.05, 4.69) is 10.2 Å². The molecular weight excluding hydrogens is 182 g/mol. The first-order valence-corrected chi connectivity index (χ1v) is 4.91. The minimum absolute atomic E-state index is 0.375. The summed E-state index contributed by atoms with van der Waals surface area (Å²) in [6.07, 6.45) is 2.62. The molecule has 1 aliphatic rings. The van der Waals surface area contributed by atoms with Crippen molar-refractivity contribution in [3.8, 4) is 0 Å². The maximum Gasteiger partial charge on any atom is 0.247 e. The largest absolute Gasteiger partial charge is 0.422 e. The topological polar surface area (TPSA) is 74.2 Å². The van der Waals surface area contributed by atoms with Gasteiger partial charge in [0.05, 0.1) is 0 Å². The van der Waals surface area contributed by atoms with Crippen molar-refractivity contribution in [2.45, 2.75) is 31.8 Å². The second kappa shape index (κ2) is 3.67. The lowest BCUT2D eigenvalue weighted by Gasteiger charge is -2.17. The minimum Gasteiger partial charge on any atom is -0.422 e. The van der Waals surface area contributed by atoms with Crippen LogP contribution in [0.4, 0.5) is 0 Å². The third-order valence-electron chi connectivity index (χ3n) is 2.50. The van der Waals surface area contributed by atoms with Gasteiger partial charge in [-0.1, -0.05) is 0 Å². The van der Waals surface area contributed by atoms with Gasteiger partial charge in [0.25, 0.3) is 0 Å². The van der Waals surface area contributed by atoms with Crippen LogP contribution in [-0.2, 0) is 16.8 Å². The van der Waals surface area contributed by atoms with E-state index in [1.54, 1.807) is 0 Å². The molecule has 1 atom stereocenters. The van der Waals surface area contributed by atoms with Crippen molar-refractivity contribution in [3.63, 3.8) is 0 Å². The van der Waals surface area contributed by atoms with E-state index in [0.29, 0.717) is 24.7 Å². The molecule has 1 aromatic heterocycles. The van der Waals surface area contributed by atoms with Crippen LogP contribution in [0.15, 0.2) is 4.42 Å². The van der Waals surface area contributed by atoms with Crippen LogP contribution < -0.4 is 5.73 Å². The Morgan fingerprint density at radius 1 is 1.50 bits per heavy atom. The Morgan fingerprint density at radius 2 is 2.36 bits per heavy atom. The van der Waals surface area contributed by atoms with Crippen LogP contribution in [0.5, 0.6) is 0 Å². The molecule has 0 amide bonds. The van der Waals surface area contributed by atoms with E-state index in [4.69, 9.17) is 14.9 Å². The summed E-state index contributed by atoms with van der Waals surface area (Å²) in [5, 5.41) is 7.91. The molecule has 1 unspecified atom stereocenters. The summed E-state index contributed by atoms with van der Waals surface area (Å²) in [5.41, 5.74) is 5.02. The van der Waals surface area contributed by atoms with Gasteiger partial charge in [0.1, 0.15) is 5.60 Å². The number of nitrogens with two attached hydrogens (primary N) is 1. The zero-order chi connectivity index (χ0) is 10.0. The highest BCUT2D eigenvalue weighted by molar-refractivity contribution is 4.98. The molecule has 1 aliphatic heterocycles. The van der Waals surface area contributed by atoms with Gasteiger partial charge in [0.15, 0.2) is 0 Å². The summed E-state index contributed by atoms with van der Waals surface area (Å²) < 4.78 is 11.1. The molecule has 5 heteroatoms. The number of ether oxygens (including phenoxy) is 1. The van der Waals surface area contributed by atoms with Gasteiger partial charge in [-0.15, -0.1) is 10.2 Å². The van der Waals surface area contributed by atoms with E-state index < -0.39 is 0 Å². The highest BCUT2D eigenvalue weighted by Crippen LogP contribution is 2.34. The number of nitrogens with zero attached hydrogens (tertiary/aromatic N) is 2. The van der Waals surface area contributed by atoms with E-state index in [1.165, 1.54) is 0 Å². The van der Waals surface area contributed by atoms with Crippen molar-refractivity contribution >= 4 is 0 Å². The molecule has 2 rings (SSSR count). The van der Waals surface area contributed by atoms with E-state index in [1.807, 2.05) is 6.92 Å². The second-order valence-electron chi connectivity index (χ2n) is 3.72. The van der Waals surface area contributed by atoms with E-state index >= 15 is 0 Å². The Morgan fingerprint density at radius 3 is 3.00 bits per heavy atom. The van der Waals surface area contributed by atoms with E-state index in [0.717, 1.165) is 19.4 Å². The number of rotatable bonds is 3. The quantitative estimate of drug-likeness (QED) is 0.767. The molecule has 2 N–H and O–H groups in total. The molecule has 1 saturated heterocycles. The van der Waals surface area contributed by atoms with Gasteiger partial charge in [-0.2, -0.15) is 0 Å². The van der Waals surface area contributed by atoms with Crippen LogP contribution in [0.25, 0.3) is 0 Å². The summed E-state index contributed by atoms with van der Waals surface area (Å²) >= 11 is 0. The Kier molecular flexibility index (Phi) is 2.52. The molecule has 2 heterocycles. The highest BCUT2D eigenvalue weighted by Gasteiger charge is 2.37. The fraction of sp³-hybridized carbons (Fsp3) is 0.778. The number of hydrogen-bond donors (Lipinski definition) is 1. The normalized spacial score (nSPS) is 27.0. The second-order valence-corrected chi connectivity index (χ2v) is 3.72. The SMILES string of the molecule is CC1(c2nnc(CCN)o2)CCCO1. The van der Waals surface area contributed by atoms with Crippen LogP contribution in [0.3, 0.4) is 0 Å². The third kappa shape index (κ3) is 1.65. The minimum atomic E-state index is -0.375. The Balaban J connectivity index is 2.15. The first kappa shape index (κ1) is 9.61. The Hall–Kier alpha value is -0.940. The van der Waals surface area contributed by atoms with Crippen LogP contribution in [0.1, 0.15) is 31.5 Å². The summed E-state index contributed by atoms with van der Waals surface area (Å²) in [4.78, 5) is 0. The van der Waals surface area contributed by atoms with Gasteiger partial charge in [0.2, 0.25) is 11.8 Å². The van der Waals surface area contributed by atoms with Crippen LogP contribution in [0, 0.1) is 0 Å². The van der Waals surface area contributed by atoms with Gasteiger partial charge in [-0.25, -0.2) is 0 Å². The fourth-order valence-electron chi connectivity index (χ4n) is 1.64. The molecule has 14 heavy (non-hydrogen) atoms. The van der Waals surface area contributed by atoms with Crippen LogP contribution >= 0.6 is 0 Å². The average molecular weight is 197 g/mol. The molecule has 0 aromatic carbocycles. The smallest absolute Gasteiger partial charge is 0.247 e. The number of aromatic nitrogens is 2. The fourth-order valence-corrected chi connectivity index (χ4v) is 1.64. The molecule has 0 spiro atoms. The monoisotopic (exact) mass is 197 g/mol. The van der Waals surface area contributed by atoms with E-state index in [9.17, 15) is 0 Å². The lowest BCUT2D eigenvalue weighted by molar-refractivity contribution is -0.00611. The molecular formula is C9H15N3O2. The van der Waals surface area contributed by atoms with Crippen LogP contribution in [0.2, 0.25) is 0 Å². The van der Waals surface area contributed by atoms with Gasteiger partial charge in [-0.3, -0.25) is 0 Å². The Bertz CT molecular complexity index is 305. The van der Waals surface area contributed by atoms with Crippen molar-refractivity contribution in [2.24, 2.45) is 5.73 Å². The molecule has 0 aliphatic carbocycles. The lowest BCUT2D eigenvalue weighted by Crippen LogP contribution is -2.20. The summed E-state index contributed by atoms with van der Waals surface area (Å²) in [6, 6.07) is 0. The van der Waals surface area contributed by atoms with Gasteiger partial charge in [0, 0.05) is 19.6 Å². The summed E-state index contributed by atoms with van der Waals surface area (Å²) in [6.45, 7) is 3.28. The summed E-state index contributed by atoms with van der Waals surface area (Å²) in [7, 11) is 0. The standard InChI is InChI=1S/C9H15N3O2/c1-9(4-2-6-13-9)8-12-11-7(14-8)3-5-10/h2-6,10H2,1H3. The lowest BCUT2D eigenvalue weighted by atomic mass is 10.0. The van der Waals surface area contributed by atoms with Crippen molar-refractivity contribution in [1.82, 2.24) is 10.2 Å². The predicted molar refractivity (Wildman–Crippen MR) is 49.6 cm³/mol. The van der Waals surface area contributed by atoms with Crippen LogP contribution in [-0.4, -0.2) is 23.3 Å². The number of hydrogen-bond acceptors (Lipinski definition) is 5. The zero-order valence-corrected chi connectivity index (χ0v) is 8.32. The van der Waals surface area contributed by atoms with Crippen molar-refractivity contribution < 1.29 is 9.15 Å². The zero-order valence-electron chi connectivity index (χ0n) is 8.32. The van der Waals surface area contributed by atoms with Gasteiger partial charge < -0.3 is 14.9 Å². The molecule has 5 nitrogen and oxygen atoms in total. The predicted octanol–water partition coefficient (Wildman–Crippen LogP) is 0.596. The Labute approximate surface area is 82.6 Å². The van der Waals surface area contributed by atoms with E-state index in [-0.39, 0.29) is 5.60 Å². The molecule has 1 fully saturated rings.